The molecule has 0 radical (unpaired) electrons. The Kier molecular flexibility index (Phi) is 6.23. The highest BCUT2D eigenvalue weighted by molar-refractivity contribution is 6.02. The van der Waals surface area contributed by atoms with Crippen LogP contribution in [0.25, 0.3) is 10.9 Å². The topological polar surface area (TPSA) is 66.8 Å². The largest absolute Gasteiger partial charge is 0.479 e. The molecule has 1 heterocycles. The number of hydrogen-bond donors (Lipinski definition) is 0. The SMILES string of the molecule is CCCCCn1c(C(=O)OC)c(OCC(=O)OC)c2ccccc21. The van der Waals surface area contributed by atoms with Crippen LogP contribution in [0.2, 0.25) is 0 Å². The maximum Gasteiger partial charge on any atom is 0.358 e. The van der Waals surface area contributed by atoms with E-state index in [1.165, 1.54) is 14.2 Å². The van der Waals surface area contributed by atoms with E-state index < -0.39 is 11.9 Å². The van der Waals surface area contributed by atoms with Gasteiger partial charge in [-0.1, -0.05) is 31.9 Å². The van der Waals surface area contributed by atoms with Gasteiger partial charge < -0.3 is 18.8 Å². The Morgan fingerprint density at radius 3 is 2.50 bits per heavy atom. The molecule has 0 aliphatic rings. The molecule has 2 aromatic rings. The number of unbranched alkanes of at least 4 members (excludes halogenated alkanes) is 2. The molecule has 0 N–H and O–H groups in total. The fourth-order valence-corrected chi connectivity index (χ4v) is 2.66. The van der Waals surface area contributed by atoms with E-state index in [4.69, 9.17) is 9.47 Å². The lowest BCUT2D eigenvalue weighted by Gasteiger charge is -2.10. The number of para-hydroxylation sites is 1. The summed E-state index contributed by atoms with van der Waals surface area (Å²) in [6.07, 6.45) is 3.08. The number of aryl methyl sites for hydroxylation is 1. The first-order valence-corrected chi connectivity index (χ1v) is 8.03. The van der Waals surface area contributed by atoms with E-state index in [1.807, 2.05) is 28.8 Å². The molecule has 130 valence electrons. The molecule has 0 atom stereocenters. The minimum atomic E-state index is -0.506. The summed E-state index contributed by atoms with van der Waals surface area (Å²) in [6.45, 7) is 2.55. The van der Waals surface area contributed by atoms with Crippen molar-refractivity contribution in [2.75, 3.05) is 20.8 Å². The van der Waals surface area contributed by atoms with Gasteiger partial charge in [0, 0.05) is 11.9 Å². The van der Waals surface area contributed by atoms with Crippen LogP contribution in [-0.4, -0.2) is 37.3 Å². The van der Waals surface area contributed by atoms with Crippen molar-refractivity contribution in [2.24, 2.45) is 0 Å². The molecular weight excluding hydrogens is 310 g/mol. The number of benzene rings is 1. The van der Waals surface area contributed by atoms with Crippen LogP contribution in [0.4, 0.5) is 0 Å². The summed E-state index contributed by atoms with van der Waals surface area (Å²) in [5.41, 5.74) is 1.22. The molecule has 0 fully saturated rings. The van der Waals surface area contributed by atoms with E-state index in [9.17, 15) is 9.59 Å². The van der Waals surface area contributed by atoms with Crippen LogP contribution in [0.3, 0.4) is 0 Å². The summed E-state index contributed by atoms with van der Waals surface area (Å²) < 4.78 is 17.1. The third-order valence-corrected chi connectivity index (χ3v) is 3.85. The zero-order valence-corrected chi connectivity index (χ0v) is 14.3. The van der Waals surface area contributed by atoms with Gasteiger partial charge in [-0.05, 0) is 18.6 Å². The number of nitrogens with zero attached hydrogens (tertiary/aromatic N) is 1. The van der Waals surface area contributed by atoms with E-state index in [0.29, 0.717) is 18.0 Å². The Balaban J connectivity index is 2.51. The normalized spacial score (nSPS) is 10.6. The minimum absolute atomic E-state index is 0.260. The van der Waals surface area contributed by atoms with Crippen molar-refractivity contribution < 1.29 is 23.8 Å². The molecule has 0 aliphatic carbocycles. The minimum Gasteiger partial charge on any atom is -0.479 e. The molecule has 0 amide bonds. The van der Waals surface area contributed by atoms with Gasteiger partial charge in [0.25, 0.3) is 0 Å². The zero-order valence-electron chi connectivity index (χ0n) is 14.3. The summed E-state index contributed by atoms with van der Waals surface area (Å²) in [5, 5.41) is 0.776. The Morgan fingerprint density at radius 2 is 1.83 bits per heavy atom. The maximum absolute atomic E-state index is 12.3. The number of methoxy groups -OCH3 is 2. The van der Waals surface area contributed by atoms with Gasteiger partial charge in [0.05, 0.1) is 19.7 Å². The average Bonchev–Trinajstić information content (AvgIpc) is 2.93. The Bertz CT molecular complexity index is 720. The monoisotopic (exact) mass is 333 g/mol. The van der Waals surface area contributed by atoms with E-state index in [-0.39, 0.29) is 6.61 Å². The van der Waals surface area contributed by atoms with Crippen molar-refractivity contribution in [2.45, 2.75) is 32.7 Å². The van der Waals surface area contributed by atoms with Crippen LogP contribution in [0.1, 0.15) is 36.7 Å². The van der Waals surface area contributed by atoms with Crippen molar-refractivity contribution in [3.63, 3.8) is 0 Å². The molecule has 24 heavy (non-hydrogen) atoms. The van der Waals surface area contributed by atoms with Crippen molar-refractivity contribution in [3.8, 4) is 5.75 Å². The standard InChI is InChI=1S/C18H23NO5/c1-4-5-8-11-19-14-10-7-6-9-13(14)17(16(19)18(21)23-3)24-12-15(20)22-2/h6-7,9-10H,4-5,8,11-12H2,1-3H3. The van der Waals surface area contributed by atoms with Crippen molar-refractivity contribution in [3.05, 3.63) is 30.0 Å². The summed E-state index contributed by atoms with van der Waals surface area (Å²) in [4.78, 5) is 23.8. The first kappa shape index (κ1) is 17.8. The first-order valence-electron chi connectivity index (χ1n) is 8.03. The van der Waals surface area contributed by atoms with Gasteiger partial charge in [-0.15, -0.1) is 0 Å². The lowest BCUT2D eigenvalue weighted by molar-refractivity contribution is -0.142. The highest BCUT2D eigenvalue weighted by atomic mass is 16.6. The number of fused-ring (bicyclic) bond motifs is 1. The predicted octanol–water partition coefficient (Wildman–Crippen LogP) is 3.17. The molecule has 2 rings (SSSR count). The molecule has 0 unspecified atom stereocenters. The molecule has 1 aromatic carbocycles. The summed E-state index contributed by atoms with van der Waals surface area (Å²) in [7, 11) is 2.63. The number of esters is 2. The molecule has 0 saturated heterocycles. The van der Waals surface area contributed by atoms with Gasteiger partial charge in [0.2, 0.25) is 0 Å². The van der Waals surface area contributed by atoms with Gasteiger partial charge >= 0.3 is 11.9 Å². The molecular formula is C18H23NO5. The highest BCUT2D eigenvalue weighted by Gasteiger charge is 2.25. The predicted molar refractivity (Wildman–Crippen MR) is 90.3 cm³/mol. The second-order valence-corrected chi connectivity index (χ2v) is 5.41. The van der Waals surface area contributed by atoms with Crippen LogP contribution in [0.15, 0.2) is 24.3 Å². The van der Waals surface area contributed by atoms with Crippen LogP contribution in [0, 0.1) is 0 Å². The Hall–Kier alpha value is -2.50. The Labute approximate surface area is 141 Å². The van der Waals surface area contributed by atoms with Gasteiger partial charge in [0.1, 0.15) is 0 Å². The second-order valence-electron chi connectivity index (χ2n) is 5.41. The first-order chi connectivity index (χ1) is 11.6. The molecule has 6 heteroatoms. The van der Waals surface area contributed by atoms with E-state index >= 15 is 0 Å². The van der Waals surface area contributed by atoms with Crippen LogP contribution < -0.4 is 4.74 Å². The lowest BCUT2D eigenvalue weighted by Crippen LogP contribution is -2.16. The van der Waals surface area contributed by atoms with Crippen LogP contribution >= 0.6 is 0 Å². The maximum atomic E-state index is 12.3. The van der Waals surface area contributed by atoms with Crippen molar-refractivity contribution in [1.82, 2.24) is 4.57 Å². The molecule has 0 saturated carbocycles. The van der Waals surface area contributed by atoms with E-state index in [0.717, 1.165) is 30.2 Å². The zero-order chi connectivity index (χ0) is 17.5. The third kappa shape index (κ3) is 3.69. The second kappa shape index (κ2) is 8.38. The molecule has 6 nitrogen and oxygen atoms in total. The van der Waals surface area contributed by atoms with Gasteiger partial charge in [-0.3, -0.25) is 0 Å². The number of rotatable bonds is 8. The fraction of sp³-hybridized carbons (Fsp3) is 0.444. The molecule has 1 aromatic heterocycles. The van der Waals surface area contributed by atoms with E-state index in [1.54, 1.807) is 0 Å². The molecule has 0 spiro atoms. The van der Waals surface area contributed by atoms with Crippen LogP contribution in [0.5, 0.6) is 5.75 Å². The van der Waals surface area contributed by atoms with Crippen LogP contribution in [-0.2, 0) is 20.8 Å². The van der Waals surface area contributed by atoms with Crippen molar-refractivity contribution >= 4 is 22.8 Å². The Morgan fingerprint density at radius 1 is 1.08 bits per heavy atom. The fourth-order valence-electron chi connectivity index (χ4n) is 2.66. The number of aromatic nitrogens is 1. The summed E-state index contributed by atoms with van der Waals surface area (Å²) in [6, 6.07) is 7.57. The molecule has 0 aliphatic heterocycles. The third-order valence-electron chi connectivity index (χ3n) is 3.85. The van der Waals surface area contributed by atoms with Crippen molar-refractivity contribution in [1.29, 1.82) is 0 Å². The van der Waals surface area contributed by atoms with Gasteiger partial charge in [0.15, 0.2) is 18.1 Å². The number of carbonyl (C=O) groups is 2. The number of carbonyl (C=O) groups excluding carboxylic acids is 2. The van der Waals surface area contributed by atoms with Gasteiger partial charge in [-0.25, -0.2) is 9.59 Å². The molecule has 0 bridgehead atoms. The smallest absolute Gasteiger partial charge is 0.358 e. The highest BCUT2D eigenvalue weighted by Crippen LogP contribution is 2.34. The summed E-state index contributed by atoms with van der Waals surface area (Å²) >= 11 is 0. The number of hydrogen-bond acceptors (Lipinski definition) is 5. The average molecular weight is 333 g/mol. The van der Waals surface area contributed by atoms with Gasteiger partial charge in [-0.2, -0.15) is 0 Å². The number of ether oxygens (including phenoxy) is 3. The van der Waals surface area contributed by atoms with E-state index in [2.05, 4.69) is 11.7 Å². The summed E-state index contributed by atoms with van der Waals surface area (Å²) in [5.74, 6) is -0.629. The quantitative estimate of drug-likeness (QED) is 0.548. The lowest BCUT2D eigenvalue weighted by atomic mass is 10.2.